The van der Waals surface area contributed by atoms with Crippen molar-refractivity contribution in [2.75, 3.05) is 11.1 Å². The maximum Gasteiger partial charge on any atom is 0.262 e. The maximum absolute atomic E-state index is 13.8. The minimum Gasteiger partial charge on any atom is -0.323 e. The fourth-order valence-corrected chi connectivity index (χ4v) is 4.06. The Morgan fingerprint density at radius 3 is 2.69 bits per heavy atom. The van der Waals surface area contributed by atoms with Crippen LogP contribution in [-0.2, 0) is 11.3 Å². The number of amides is 1. The first kappa shape index (κ1) is 21.9. The van der Waals surface area contributed by atoms with Crippen LogP contribution in [-0.4, -0.2) is 30.8 Å². The Balaban J connectivity index is 1.65. The van der Waals surface area contributed by atoms with Gasteiger partial charge in [0.1, 0.15) is 11.6 Å². The quantitative estimate of drug-likeness (QED) is 0.423. The molecule has 0 radical (unpaired) electrons. The van der Waals surface area contributed by atoms with Gasteiger partial charge in [0.05, 0.1) is 22.3 Å². The van der Waals surface area contributed by atoms with E-state index in [1.54, 1.807) is 27.2 Å². The van der Waals surface area contributed by atoms with Crippen molar-refractivity contribution in [3.05, 3.63) is 64.5 Å². The first-order chi connectivity index (χ1) is 15.3. The van der Waals surface area contributed by atoms with Crippen molar-refractivity contribution in [1.29, 1.82) is 0 Å². The molecule has 0 atom stereocenters. The number of carbonyl (C=O) groups excluding carboxylic acids is 1. The lowest BCUT2D eigenvalue weighted by Gasteiger charge is -2.12. The summed E-state index contributed by atoms with van der Waals surface area (Å²) in [4.78, 5) is 25.4. The summed E-state index contributed by atoms with van der Waals surface area (Å²) < 4.78 is 30.2. The summed E-state index contributed by atoms with van der Waals surface area (Å²) in [5.74, 6) is -1.31. The standard InChI is InChI=1S/C22H21F2N5O2S/c1-13(2)9-10-28-20(31)15-5-3-4-6-18(15)29-21(28)26-27-22(29)32-12-19(30)25-17-8-7-14(23)11-16(17)24/h3-8,11,13H,9-10,12H2,1-2H3,(H,25,30). The predicted molar refractivity (Wildman–Crippen MR) is 120 cm³/mol. The van der Waals surface area contributed by atoms with Crippen molar-refractivity contribution < 1.29 is 13.6 Å². The van der Waals surface area contributed by atoms with Crippen molar-refractivity contribution in [3.8, 4) is 0 Å². The number of fused-ring (bicyclic) bond motifs is 3. The van der Waals surface area contributed by atoms with E-state index in [1.807, 2.05) is 6.07 Å². The molecule has 0 fully saturated rings. The molecule has 0 spiro atoms. The third-order valence-corrected chi connectivity index (χ3v) is 5.87. The number of aryl methyl sites for hydroxylation is 1. The second kappa shape index (κ2) is 9.07. The minimum absolute atomic E-state index is 0.0724. The van der Waals surface area contributed by atoms with Gasteiger partial charge >= 0.3 is 0 Å². The van der Waals surface area contributed by atoms with Crippen LogP contribution in [0.2, 0.25) is 0 Å². The van der Waals surface area contributed by atoms with Crippen LogP contribution in [0.3, 0.4) is 0 Å². The molecule has 2 heterocycles. The van der Waals surface area contributed by atoms with Crippen LogP contribution in [0.5, 0.6) is 0 Å². The highest BCUT2D eigenvalue weighted by atomic mass is 32.2. The Hall–Kier alpha value is -3.27. The molecule has 0 bridgehead atoms. The Morgan fingerprint density at radius 1 is 1.16 bits per heavy atom. The van der Waals surface area contributed by atoms with Gasteiger partial charge in [0.15, 0.2) is 5.16 Å². The highest BCUT2D eigenvalue weighted by molar-refractivity contribution is 7.99. The van der Waals surface area contributed by atoms with E-state index in [9.17, 15) is 18.4 Å². The van der Waals surface area contributed by atoms with Crippen molar-refractivity contribution in [2.24, 2.45) is 5.92 Å². The fraction of sp³-hybridized carbons (Fsp3) is 0.273. The van der Waals surface area contributed by atoms with Gasteiger partial charge in [-0.15, -0.1) is 10.2 Å². The van der Waals surface area contributed by atoms with Gasteiger partial charge in [-0.05, 0) is 36.6 Å². The van der Waals surface area contributed by atoms with Crippen LogP contribution >= 0.6 is 11.8 Å². The molecular formula is C22H21F2N5O2S. The Kier molecular flexibility index (Phi) is 6.22. The van der Waals surface area contributed by atoms with Gasteiger partial charge in [0, 0.05) is 12.6 Å². The van der Waals surface area contributed by atoms with Gasteiger partial charge < -0.3 is 5.32 Å². The normalized spacial score (nSPS) is 11.5. The topological polar surface area (TPSA) is 81.3 Å². The van der Waals surface area contributed by atoms with Crippen molar-refractivity contribution >= 4 is 40.0 Å². The molecule has 32 heavy (non-hydrogen) atoms. The van der Waals surface area contributed by atoms with Crippen LogP contribution in [0.1, 0.15) is 20.3 Å². The van der Waals surface area contributed by atoms with Crippen molar-refractivity contribution in [2.45, 2.75) is 32.0 Å². The van der Waals surface area contributed by atoms with E-state index in [4.69, 9.17) is 0 Å². The summed E-state index contributed by atoms with van der Waals surface area (Å²) in [7, 11) is 0. The Labute approximate surface area is 186 Å². The smallest absolute Gasteiger partial charge is 0.262 e. The summed E-state index contributed by atoms with van der Waals surface area (Å²) in [6.07, 6.45) is 0.800. The lowest BCUT2D eigenvalue weighted by Crippen LogP contribution is -2.24. The van der Waals surface area contributed by atoms with Crippen LogP contribution in [0, 0.1) is 17.6 Å². The van der Waals surface area contributed by atoms with Gasteiger partial charge in [0.2, 0.25) is 11.7 Å². The van der Waals surface area contributed by atoms with Gasteiger partial charge in [-0.25, -0.2) is 8.78 Å². The molecule has 4 rings (SSSR count). The number of thioether (sulfide) groups is 1. The van der Waals surface area contributed by atoms with Crippen LogP contribution in [0.25, 0.3) is 16.7 Å². The summed E-state index contributed by atoms with van der Waals surface area (Å²) in [6.45, 7) is 4.66. The first-order valence-corrected chi connectivity index (χ1v) is 11.1. The number of benzene rings is 2. The number of carbonyl (C=O) groups is 1. The van der Waals surface area contributed by atoms with E-state index in [0.29, 0.717) is 40.4 Å². The molecule has 0 unspecified atom stereocenters. The zero-order chi connectivity index (χ0) is 22.8. The lowest BCUT2D eigenvalue weighted by molar-refractivity contribution is -0.113. The average molecular weight is 458 g/mol. The highest BCUT2D eigenvalue weighted by Gasteiger charge is 2.18. The predicted octanol–water partition coefficient (Wildman–Crippen LogP) is 4.10. The van der Waals surface area contributed by atoms with Gasteiger partial charge in [0.25, 0.3) is 5.56 Å². The fourth-order valence-electron chi connectivity index (χ4n) is 3.32. The number of nitrogens with one attached hydrogen (secondary N) is 1. The molecule has 0 aliphatic carbocycles. The molecule has 7 nitrogen and oxygen atoms in total. The van der Waals surface area contributed by atoms with Crippen molar-refractivity contribution in [1.82, 2.24) is 19.2 Å². The largest absolute Gasteiger partial charge is 0.323 e. The molecule has 0 aliphatic heterocycles. The summed E-state index contributed by atoms with van der Waals surface area (Å²) in [5, 5.41) is 11.8. The number of hydrogen-bond donors (Lipinski definition) is 1. The van der Waals surface area contributed by atoms with Crippen LogP contribution < -0.4 is 10.9 Å². The highest BCUT2D eigenvalue weighted by Crippen LogP contribution is 2.23. The second-order valence-electron chi connectivity index (χ2n) is 7.74. The van der Waals surface area contributed by atoms with Crippen LogP contribution in [0.15, 0.2) is 52.4 Å². The molecule has 1 amide bonds. The van der Waals surface area contributed by atoms with E-state index in [1.165, 1.54) is 6.07 Å². The lowest BCUT2D eigenvalue weighted by atomic mass is 10.1. The molecular weight excluding hydrogens is 436 g/mol. The molecule has 2 aromatic carbocycles. The first-order valence-electron chi connectivity index (χ1n) is 10.1. The van der Waals surface area contributed by atoms with Gasteiger partial charge in [-0.2, -0.15) is 0 Å². The molecule has 0 saturated heterocycles. The molecule has 10 heteroatoms. The number of halogens is 2. The molecule has 0 saturated carbocycles. The number of para-hydroxylation sites is 1. The molecule has 0 aliphatic rings. The van der Waals surface area contributed by atoms with E-state index in [2.05, 4.69) is 29.4 Å². The SMILES string of the molecule is CC(C)CCn1c(=O)c2ccccc2n2c(SCC(=O)Nc3ccc(F)cc3F)nnc12. The van der Waals surface area contributed by atoms with Gasteiger partial charge in [-0.3, -0.25) is 18.6 Å². The summed E-state index contributed by atoms with van der Waals surface area (Å²) >= 11 is 1.11. The number of hydrogen-bond acceptors (Lipinski definition) is 5. The maximum atomic E-state index is 13.8. The Bertz CT molecular complexity index is 1370. The second-order valence-corrected chi connectivity index (χ2v) is 8.68. The summed E-state index contributed by atoms with van der Waals surface area (Å²) in [6, 6.07) is 10.1. The Morgan fingerprint density at radius 2 is 1.94 bits per heavy atom. The van der Waals surface area contributed by atoms with Gasteiger partial charge in [-0.1, -0.05) is 37.7 Å². The molecule has 1 N–H and O–H groups in total. The molecule has 2 aromatic heterocycles. The van der Waals surface area contributed by atoms with E-state index in [-0.39, 0.29) is 17.0 Å². The van der Waals surface area contributed by atoms with E-state index in [0.717, 1.165) is 24.2 Å². The minimum atomic E-state index is -0.851. The van der Waals surface area contributed by atoms with E-state index < -0.39 is 17.5 Å². The average Bonchev–Trinajstić information content (AvgIpc) is 3.18. The number of aromatic nitrogens is 4. The monoisotopic (exact) mass is 457 g/mol. The molecule has 4 aromatic rings. The zero-order valence-electron chi connectivity index (χ0n) is 17.5. The third kappa shape index (κ3) is 4.36. The zero-order valence-corrected chi connectivity index (χ0v) is 18.3. The number of anilines is 1. The number of rotatable bonds is 7. The van der Waals surface area contributed by atoms with Crippen molar-refractivity contribution in [3.63, 3.8) is 0 Å². The van der Waals surface area contributed by atoms with E-state index >= 15 is 0 Å². The third-order valence-electron chi connectivity index (χ3n) is 4.95. The van der Waals surface area contributed by atoms with Crippen LogP contribution in [0.4, 0.5) is 14.5 Å². The number of nitrogens with zero attached hydrogens (tertiary/aromatic N) is 4. The molecule has 166 valence electrons. The summed E-state index contributed by atoms with van der Waals surface area (Å²) in [5.41, 5.74) is 0.407.